The fraction of sp³-hybridized carbons (Fsp3) is 0.611. The Kier molecular flexibility index (Phi) is 4.72. The Morgan fingerprint density at radius 3 is 2.43 bits per heavy atom. The van der Waals surface area contributed by atoms with Crippen molar-refractivity contribution in [3.05, 3.63) is 29.8 Å². The highest BCUT2D eigenvalue weighted by Gasteiger charge is 2.40. The monoisotopic (exact) mass is 288 g/mol. The van der Waals surface area contributed by atoms with E-state index in [9.17, 15) is 4.79 Å². The molecule has 116 valence electrons. The van der Waals surface area contributed by atoms with E-state index >= 15 is 0 Å². The minimum Gasteiger partial charge on any atom is -0.326 e. The van der Waals surface area contributed by atoms with Crippen LogP contribution in [-0.4, -0.2) is 19.0 Å². The number of hydrogen-bond donors (Lipinski definition) is 2. The quantitative estimate of drug-likeness (QED) is 0.887. The zero-order valence-corrected chi connectivity index (χ0v) is 13.8. The zero-order valence-electron chi connectivity index (χ0n) is 13.8. The lowest BCUT2D eigenvalue weighted by Crippen LogP contribution is -2.38. The van der Waals surface area contributed by atoms with E-state index in [1.807, 2.05) is 12.1 Å². The first-order valence-electron chi connectivity index (χ1n) is 8.00. The van der Waals surface area contributed by atoms with Gasteiger partial charge in [-0.05, 0) is 42.5 Å². The Morgan fingerprint density at radius 1 is 1.29 bits per heavy atom. The minimum absolute atomic E-state index is 0.140. The average Bonchev–Trinajstić information content (AvgIpc) is 2.89. The fourth-order valence-electron chi connectivity index (χ4n) is 3.06. The van der Waals surface area contributed by atoms with Gasteiger partial charge in [0.05, 0.1) is 5.41 Å². The third-order valence-corrected chi connectivity index (χ3v) is 4.46. The molecule has 1 aromatic rings. The molecule has 1 fully saturated rings. The Labute approximate surface area is 128 Å². The van der Waals surface area contributed by atoms with Crippen molar-refractivity contribution in [3.63, 3.8) is 0 Å². The highest BCUT2D eigenvalue weighted by molar-refractivity contribution is 5.95. The highest BCUT2D eigenvalue weighted by Crippen LogP contribution is 2.33. The number of amides is 1. The maximum Gasteiger partial charge on any atom is 0.231 e. The minimum atomic E-state index is -0.225. The Hall–Kier alpha value is -1.35. The molecule has 0 bridgehead atoms. The molecule has 3 heteroatoms. The topological polar surface area (TPSA) is 41.1 Å². The first-order valence-corrected chi connectivity index (χ1v) is 8.00. The van der Waals surface area contributed by atoms with Crippen molar-refractivity contribution in [1.82, 2.24) is 5.32 Å². The van der Waals surface area contributed by atoms with Crippen LogP contribution in [-0.2, 0) is 10.2 Å². The third-order valence-electron chi connectivity index (χ3n) is 4.46. The second kappa shape index (κ2) is 6.18. The number of benzene rings is 1. The Bertz CT molecular complexity index is 479. The Morgan fingerprint density at radius 2 is 1.95 bits per heavy atom. The zero-order chi connectivity index (χ0) is 15.5. The standard InChI is InChI=1S/C18H28N2O/c1-5-10-18(11-12-19-13-18)16(21)20-15-8-6-14(7-9-15)17(2,3)4/h6-9,19H,5,10-13H2,1-4H3,(H,20,21). The summed E-state index contributed by atoms with van der Waals surface area (Å²) in [6.07, 6.45) is 2.93. The van der Waals surface area contributed by atoms with Gasteiger partial charge in [0.1, 0.15) is 0 Å². The van der Waals surface area contributed by atoms with Crippen molar-refractivity contribution in [2.24, 2.45) is 5.41 Å². The molecule has 0 spiro atoms. The summed E-state index contributed by atoms with van der Waals surface area (Å²) in [6, 6.07) is 8.24. The molecule has 3 nitrogen and oxygen atoms in total. The fourth-order valence-corrected chi connectivity index (χ4v) is 3.06. The predicted molar refractivity (Wildman–Crippen MR) is 88.6 cm³/mol. The van der Waals surface area contributed by atoms with Crippen LogP contribution >= 0.6 is 0 Å². The smallest absolute Gasteiger partial charge is 0.231 e. The molecule has 1 aliphatic heterocycles. The van der Waals surface area contributed by atoms with Crippen LogP contribution in [0.1, 0.15) is 52.5 Å². The molecule has 0 aromatic heterocycles. The van der Waals surface area contributed by atoms with Crippen LogP contribution in [0.15, 0.2) is 24.3 Å². The molecule has 1 heterocycles. The van der Waals surface area contributed by atoms with Gasteiger partial charge < -0.3 is 10.6 Å². The van der Waals surface area contributed by atoms with Crippen LogP contribution in [0.2, 0.25) is 0 Å². The summed E-state index contributed by atoms with van der Waals surface area (Å²) in [5, 5.41) is 6.44. The van der Waals surface area contributed by atoms with Gasteiger partial charge in [0, 0.05) is 12.2 Å². The third kappa shape index (κ3) is 3.65. The summed E-state index contributed by atoms with van der Waals surface area (Å²) in [5.74, 6) is 0.165. The molecule has 1 aromatic carbocycles. The SMILES string of the molecule is CCCC1(C(=O)Nc2ccc(C(C)(C)C)cc2)CCNC1. The average molecular weight is 288 g/mol. The van der Waals surface area contributed by atoms with Crippen LogP contribution in [0.25, 0.3) is 0 Å². The van der Waals surface area contributed by atoms with Crippen LogP contribution in [0.5, 0.6) is 0 Å². The highest BCUT2D eigenvalue weighted by atomic mass is 16.2. The van der Waals surface area contributed by atoms with E-state index in [1.165, 1.54) is 5.56 Å². The van der Waals surface area contributed by atoms with Crippen molar-refractivity contribution in [3.8, 4) is 0 Å². The van der Waals surface area contributed by atoms with Crippen molar-refractivity contribution < 1.29 is 4.79 Å². The number of rotatable bonds is 4. The summed E-state index contributed by atoms with van der Waals surface area (Å²) in [5.41, 5.74) is 2.10. The second-order valence-corrected chi connectivity index (χ2v) is 7.24. The molecule has 1 amide bonds. The molecule has 2 rings (SSSR count). The van der Waals surface area contributed by atoms with E-state index in [-0.39, 0.29) is 16.7 Å². The van der Waals surface area contributed by atoms with Crippen LogP contribution in [0.4, 0.5) is 5.69 Å². The lowest BCUT2D eigenvalue weighted by molar-refractivity contribution is -0.125. The van der Waals surface area contributed by atoms with Crippen molar-refractivity contribution in [2.75, 3.05) is 18.4 Å². The molecule has 1 atom stereocenters. The van der Waals surface area contributed by atoms with Crippen LogP contribution < -0.4 is 10.6 Å². The van der Waals surface area contributed by atoms with E-state index < -0.39 is 0 Å². The van der Waals surface area contributed by atoms with Gasteiger partial charge in [-0.3, -0.25) is 4.79 Å². The lowest BCUT2D eigenvalue weighted by atomic mass is 9.81. The molecule has 0 aliphatic carbocycles. The summed E-state index contributed by atoms with van der Waals surface area (Å²) in [6.45, 7) is 10.5. The van der Waals surface area contributed by atoms with E-state index in [1.54, 1.807) is 0 Å². The van der Waals surface area contributed by atoms with Gasteiger partial charge in [-0.2, -0.15) is 0 Å². The van der Waals surface area contributed by atoms with E-state index in [0.29, 0.717) is 0 Å². The van der Waals surface area contributed by atoms with Gasteiger partial charge >= 0.3 is 0 Å². The van der Waals surface area contributed by atoms with Crippen molar-refractivity contribution >= 4 is 11.6 Å². The summed E-state index contributed by atoms with van der Waals surface area (Å²) >= 11 is 0. The Balaban J connectivity index is 2.08. The van der Waals surface area contributed by atoms with Gasteiger partial charge in [-0.15, -0.1) is 0 Å². The van der Waals surface area contributed by atoms with Crippen LogP contribution in [0, 0.1) is 5.41 Å². The molecule has 0 radical (unpaired) electrons. The van der Waals surface area contributed by atoms with Crippen molar-refractivity contribution in [2.45, 2.75) is 52.4 Å². The predicted octanol–water partition coefficient (Wildman–Crippen LogP) is 3.70. The molecule has 0 saturated carbocycles. The van der Waals surface area contributed by atoms with Gasteiger partial charge in [-0.25, -0.2) is 0 Å². The molecule has 1 saturated heterocycles. The molecular weight excluding hydrogens is 260 g/mol. The molecular formula is C18H28N2O. The van der Waals surface area contributed by atoms with E-state index in [0.717, 1.165) is 38.0 Å². The summed E-state index contributed by atoms with van der Waals surface area (Å²) in [7, 11) is 0. The van der Waals surface area contributed by atoms with E-state index in [2.05, 4.69) is 50.5 Å². The van der Waals surface area contributed by atoms with Gasteiger partial charge in [0.25, 0.3) is 0 Å². The number of carbonyl (C=O) groups excluding carboxylic acids is 1. The molecule has 2 N–H and O–H groups in total. The number of nitrogens with one attached hydrogen (secondary N) is 2. The maximum atomic E-state index is 12.7. The first kappa shape index (κ1) is 16.0. The number of carbonyl (C=O) groups is 1. The first-order chi connectivity index (χ1) is 9.87. The summed E-state index contributed by atoms with van der Waals surface area (Å²) in [4.78, 5) is 12.7. The second-order valence-electron chi connectivity index (χ2n) is 7.24. The van der Waals surface area contributed by atoms with Crippen LogP contribution in [0.3, 0.4) is 0 Å². The number of hydrogen-bond acceptors (Lipinski definition) is 2. The summed E-state index contributed by atoms with van der Waals surface area (Å²) < 4.78 is 0. The maximum absolute atomic E-state index is 12.7. The lowest BCUT2D eigenvalue weighted by Gasteiger charge is -2.26. The van der Waals surface area contributed by atoms with E-state index in [4.69, 9.17) is 0 Å². The van der Waals surface area contributed by atoms with Gasteiger partial charge in [0.2, 0.25) is 5.91 Å². The molecule has 21 heavy (non-hydrogen) atoms. The molecule has 1 aliphatic rings. The number of anilines is 1. The van der Waals surface area contributed by atoms with Gasteiger partial charge in [-0.1, -0.05) is 46.2 Å². The largest absolute Gasteiger partial charge is 0.326 e. The van der Waals surface area contributed by atoms with Gasteiger partial charge in [0.15, 0.2) is 0 Å². The van der Waals surface area contributed by atoms with Crippen molar-refractivity contribution in [1.29, 1.82) is 0 Å². The normalized spacial score (nSPS) is 22.3. The molecule has 1 unspecified atom stereocenters.